The number of hydrogen-bond acceptors (Lipinski definition) is 8. The van der Waals surface area contributed by atoms with E-state index in [0.29, 0.717) is 28.1 Å². The second kappa shape index (κ2) is 8.60. The molecule has 4 heterocycles. The summed E-state index contributed by atoms with van der Waals surface area (Å²) in [7, 11) is 0. The number of rotatable bonds is 5. The van der Waals surface area contributed by atoms with Crippen LogP contribution in [-0.2, 0) is 11.2 Å². The largest absolute Gasteiger partial charge is 0.411 e. The van der Waals surface area contributed by atoms with Gasteiger partial charge in [0.25, 0.3) is 0 Å². The number of aromatic nitrogens is 5. The van der Waals surface area contributed by atoms with Gasteiger partial charge in [-0.2, -0.15) is 9.61 Å². The summed E-state index contributed by atoms with van der Waals surface area (Å²) in [5, 5.41) is 27.0. The predicted molar refractivity (Wildman–Crippen MR) is 118 cm³/mol. The van der Waals surface area contributed by atoms with Crippen LogP contribution < -0.4 is 0 Å². The van der Waals surface area contributed by atoms with Gasteiger partial charge in [0.1, 0.15) is 11.4 Å². The molecule has 8 nitrogen and oxygen atoms in total. The van der Waals surface area contributed by atoms with Gasteiger partial charge in [0, 0.05) is 29.7 Å². The quantitative estimate of drug-likeness (QED) is 0.288. The molecule has 1 N–H and O–H groups in total. The van der Waals surface area contributed by atoms with Crippen molar-refractivity contribution in [3.8, 4) is 0 Å². The van der Waals surface area contributed by atoms with Crippen molar-refractivity contribution < 1.29 is 9.94 Å². The fourth-order valence-corrected chi connectivity index (χ4v) is 4.63. The smallest absolute Gasteiger partial charge is 0.217 e. The Labute approximate surface area is 183 Å². The van der Waals surface area contributed by atoms with Gasteiger partial charge in [-0.15, -0.1) is 10.2 Å². The highest BCUT2D eigenvalue weighted by atomic mass is 32.2. The maximum Gasteiger partial charge on any atom is 0.217 e. The Morgan fingerprint density at radius 3 is 2.90 bits per heavy atom. The molecule has 1 aliphatic heterocycles. The summed E-state index contributed by atoms with van der Waals surface area (Å²) in [6.07, 6.45) is 5.26. The molecule has 158 valence electrons. The van der Waals surface area contributed by atoms with Crippen molar-refractivity contribution in [2.45, 2.75) is 36.2 Å². The monoisotopic (exact) mass is 434 g/mol. The van der Waals surface area contributed by atoms with E-state index in [2.05, 4.69) is 37.6 Å². The zero-order chi connectivity index (χ0) is 21.2. The van der Waals surface area contributed by atoms with E-state index in [1.165, 1.54) is 17.3 Å². The van der Waals surface area contributed by atoms with Gasteiger partial charge < -0.3 is 9.94 Å². The lowest BCUT2D eigenvalue weighted by atomic mass is 9.93. The molecule has 0 atom stereocenters. The Bertz CT molecular complexity index is 1270. The van der Waals surface area contributed by atoms with E-state index in [0.717, 1.165) is 48.3 Å². The molecule has 0 aliphatic carbocycles. The van der Waals surface area contributed by atoms with Crippen LogP contribution in [0.2, 0.25) is 0 Å². The zero-order valence-corrected chi connectivity index (χ0v) is 17.9. The summed E-state index contributed by atoms with van der Waals surface area (Å²) in [5.74, 6) is 0.666. The topological polar surface area (TPSA) is 97.8 Å². The van der Waals surface area contributed by atoms with Crippen molar-refractivity contribution in [3.63, 3.8) is 0 Å². The predicted octanol–water partition coefficient (Wildman–Crippen LogP) is 3.99. The van der Waals surface area contributed by atoms with E-state index in [9.17, 15) is 0 Å². The third-order valence-electron chi connectivity index (χ3n) is 5.54. The maximum atomic E-state index is 9.03. The highest BCUT2D eigenvalue weighted by molar-refractivity contribution is 7.99. The first-order valence-corrected chi connectivity index (χ1v) is 11.1. The first-order valence-electron chi connectivity index (χ1n) is 10.3. The minimum atomic E-state index is 0.431. The van der Waals surface area contributed by atoms with Gasteiger partial charge in [0.2, 0.25) is 5.16 Å². The third kappa shape index (κ3) is 4.24. The average Bonchev–Trinajstić information content (AvgIpc) is 3.21. The number of ether oxygens (including phenoxy) is 1. The fourth-order valence-electron chi connectivity index (χ4n) is 3.80. The van der Waals surface area contributed by atoms with Crippen LogP contribution in [0.25, 0.3) is 16.6 Å². The van der Waals surface area contributed by atoms with Crippen molar-refractivity contribution in [3.05, 3.63) is 53.9 Å². The SMILES string of the molecule is C/C(=N\O)c1ccc2nnc(Sc3ccc4ncc(CC5CCOCC5)cc4c3)n2n1. The lowest BCUT2D eigenvalue weighted by molar-refractivity contribution is 0.0665. The van der Waals surface area contributed by atoms with Crippen LogP contribution in [0.15, 0.2) is 57.8 Å². The molecule has 0 spiro atoms. The first kappa shape index (κ1) is 19.9. The zero-order valence-electron chi connectivity index (χ0n) is 17.1. The normalized spacial score (nSPS) is 15.7. The first-order chi connectivity index (χ1) is 15.2. The van der Waals surface area contributed by atoms with E-state index < -0.39 is 0 Å². The molecule has 31 heavy (non-hydrogen) atoms. The number of fused-ring (bicyclic) bond motifs is 2. The fraction of sp³-hybridized carbons (Fsp3) is 0.318. The van der Waals surface area contributed by atoms with Gasteiger partial charge in [-0.1, -0.05) is 5.16 Å². The minimum absolute atomic E-state index is 0.431. The Hall–Kier alpha value is -3.04. The van der Waals surface area contributed by atoms with E-state index in [1.54, 1.807) is 23.6 Å². The Balaban J connectivity index is 1.42. The number of benzene rings is 1. The number of hydrogen-bond donors (Lipinski definition) is 1. The van der Waals surface area contributed by atoms with E-state index in [1.807, 2.05) is 18.3 Å². The van der Waals surface area contributed by atoms with Crippen LogP contribution in [0, 0.1) is 5.92 Å². The second-order valence-corrected chi connectivity index (χ2v) is 8.76. The number of oxime groups is 1. The molecular formula is C22H22N6O2S. The number of pyridine rings is 1. The maximum absolute atomic E-state index is 9.03. The molecule has 0 amide bonds. The number of nitrogens with zero attached hydrogens (tertiary/aromatic N) is 6. The molecule has 1 aromatic carbocycles. The Morgan fingerprint density at radius 1 is 1.19 bits per heavy atom. The van der Waals surface area contributed by atoms with E-state index >= 15 is 0 Å². The molecule has 0 radical (unpaired) electrons. The van der Waals surface area contributed by atoms with Gasteiger partial charge in [0.15, 0.2) is 5.65 Å². The standard InChI is InChI=1S/C22H22N6O2S/c1-14(27-29)19-4-5-21-24-25-22(28(21)26-19)31-18-2-3-20-17(12-18)11-16(13-23-20)10-15-6-8-30-9-7-15/h2-5,11-13,15,29H,6-10H2,1H3/b27-14+. The van der Waals surface area contributed by atoms with E-state index in [4.69, 9.17) is 9.94 Å². The van der Waals surface area contributed by atoms with Crippen molar-refractivity contribution >= 4 is 34.0 Å². The van der Waals surface area contributed by atoms with Gasteiger partial charge in [0.05, 0.1) is 5.52 Å². The summed E-state index contributed by atoms with van der Waals surface area (Å²) >= 11 is 1.49. The molecule has 1 aliphatic rings. The third-order valence-corrected chi connectivity index (χ3v) is 6.47. The molecule has 0 unspecified atom stereocenters. The molecule has 1 fully saturated rings. The van der Waals surface area contributed by atoms with Crippen molar-refractivity contribution in [2.75, 3.05) is 13.2 Å². The molecule has 0 saturated carbocycles. The molecule has 0 bridgehead atoms. The summed E-state index contributed by atoms with van der Waals surface area (Å²) in [6, 6.07) is 12.0. The molecule has 5 rings (SSSR count). The highest BCUT2D eigenvalue weighted by Crippen LogP contribution is 2.29. The Kier molecular flexibility index (Phi) is 5.52. The van der Waals surface area contributed by atoms with Crippen molar-refractivity contribution in [1.29, 1.82) is 0 Å². The van der Waals surface area contributed by atoms with Gasteiger partial charge in [-0.25, -0.2) is 0 Å². The van der Waals surface area contributed by atoms with E-state index in [-0.39, 0.29) is 0 Å². The molecule has 9 heteroatoms. The summed E-state index contributed by atoms with van der Waals surface area (Å²) in [4.78, 5) is 5.69. The van der Waals surface area contributed by atoms with Gasteiger partial charge in [-0.05, 0) is 85.8 Å². The Morgan fingerprint density at radius 2 is 2.06 bits per heavy atom. The van der Waals surface area contributed by atoms with Crippen molar-refractivity contribution in [2.24, 2.45) is 11.1 Å². The van der Waals surface area contributed by atoms with Crippen LogP contribution in [0.5, 0.6) is 0 Å². The van der Waals surface area contributed by atoms with Gasteiger partial charge in [-0.3, -0.25) is 4.98 Å². The summed E-state index contributed by atoms with van der Waals surface area (Å²) < 4.78 is 7.14. The lowest BCUT2D eigenvalue weighted by Crippen LogP contribution is -2.17. The molecule has 4 aromatic rings. The average molecular weight is 435 g/mol. The van der Waals surface area contributed by atoms with Crippen LogP contribution >= 0.6 is 11.8 Å². The van der Waals surface area contributed by atoms with Crippen LogP contribution in [0.1, 0.15) is 31.0 Å². The lowest BCUT2D eigenvalue weighted by Gasteiger charge is -2.21. The summed E-state index contributed by atoms with van der Waals surface area (Å²) in [6.45, 7) is 3.41. The highest BCUT2D eigenvalue weighted by Gasteiger charge is 2.15. The second-order valence-electron chi connectivity index (χ2n) is 7.72. The summed E-state index contributed by atoms with van der Waals surface area (Å²) in [5.41, 5.74) is 3.87. The van der Waals surface area contributed by atoms with Crippen LogP contribution in [0.3, 0.4) is 0 Å². The minimum Gasteiger partial charge on any atom is -0.411 e. The van der Waals surface area contributed by atoms with Crippen molar-refractivity contribution in [1.82, 2.24) is 24.8 Å². The van der Waals surface area contributed by atoms with Gasteiger partial charge >= 0.3 is 0 Å². The molecular weight excluding hydrogens is 412 g/mol. The van der Waals surface area contributed by atoms with Crippen LogP contribution in [-0.4, -0.2) is 48.9 Å². The molecule has 1 saturated heterocycles. The molecule has 3 aromatic heterocycles. The van der Waals surface area contributed by atoms with Crippen LogP contribution in [0.4, 0.5) is 0 Å².